The first-order valence-corrected chi connectivity index (χ1v) is 5.70. The maximum Gasteiger partial charge on any atom is 0.258 e. The van der Waals surface area contributed by atoms with Crippen molar-refractivity contribution in [1.29, 1.82) is 0 Å². The number of amides is 1. The highest BCUT2D eigenvalue weighted by molar-refractivity contribution is 6.10. The minimum absolute atomic E-state index is 0.285. The minimum atomic E-state index is -0.285. The Kier molecular flexibility index (Phi) is 2.60. The molecule has 0 atom stereocenters. The fourth-order valence-corrected chi connectivity index (χ4v) is 1.83. The number of hydrogen-bond acceptors (Lipinski definition) is 4. The van der Waals surface area contributed by atoms with Crippen LogP contribution in [0.5, 0.6) is 0 Å². The van der Waals surface area contributed by atoms with E-state index < -0.39 is 0 Å². The Balaban J connectivity index is 1.94. The monoisotopic (exact) mass is 253 g/mol. The molecule has 4 N–H and O–H groups in total. The second kappa shape index (κ2) is 4.41. The Labute approximate surface area is 108 Å². The van der Waals surface area contributed by atoms with E-state index in [0.29, 0.717) is 22.7 Å². The van der Waals surface area contributed by atoms with E-state index in [1.54, 1.807) is 36.5 Å². The maximum atomic E-state index is 12.1. The van der Waals surface area contributed by atoms with Crippen molar-refractivity contribution in [2.24, 2.45) is 0 Å². The molecule has 0 saturated heterocycles. The predicted molar refractivity (Wildman–Crippen MR) is 72.7 cm³/mol. The fourth-order valence-electron chi connectivity index (χ4n) is 1.83. The largest absolute Gasteiger partial charge is 0.398 e. The molecule has 0 aliphatic heterocycles. The molecule has 0 unspecified atom stereocenters. The lowest BCUT2D eigenvalue weighted by atomic mass is 10.1. The van der Waals surface area contributed by atoms with Gasteiger partial charge in [0.15, 0.2) is 5.65 Å². The van der Waals surface area contributed by atoms with Crippen molar-refractivity contribution in [2.45, 2.75) is 0 Å². The SMILES string of the molecule is Nc1ccccc1C(=O)Nc1[nH]nc2ncccc12. The van der Waals surface area contributed by atoms with Crippen LogP contribution in [0.3, 0.4) is 0 Å². The molecule has 1 amide bonds. The third-order valence-corrected chi connectivity index (χ3v) is 2.77. The van der Waals surface area contributed by atoms with Crippen LogP contribution in [0.1, 0.15) is 10.4 Å². The van der Waals surface area contributed by atoms with Gasteiger partial charge in [0, 0.05) is 11.9 Å². The molecule has 19 heavy (non-hydrogen) atoms. The molecule has 0 aliphatic carbocycles. The fraction of sp³-hybridized carbons (Fsp3) is 0. The van der Waals surface area contributed by atoms with Crippen LogP contribution in [-0.2, 0) is 0 Å². The molecular weight excluding hydrogens is 242 g/mol. The van der Waals surface area contributed by atoms with Gasteiger partial charge in [-0.2, -0.15) is 5.10 Å². The predicted octanol–water partition coefficient (Wildman–Crippen LogP) is 1.79. The van der Waals surface area contributed by atoms with Gasteiger partial charge in [0.2, 0.25) is 0 Å². The van der Waals surface area contributed by atoms with E-state index in [4.69, 9.17) is 5.73 Å². The molecule has 0 bridgehead atoms. The number of hydrogen-bond donors (Lipinski definition) is 3. The molecule has 6 nitrogen and oxygen atoms in total. The molecule has 3 rings (SSSR count). The van der Waals surface area contributed by atoms with Gasteiger partial charge in [0.05, 0.1) is 10.9 Å². The molecule has 2 aromatic heterocycles. The molecule has 0 fully saturated rings. The van der Waals surface area contributed by atoms with E-state index in [1.807, 2.05) is 6.07 Å². The third kappa shape index (κ3) is 1.99. The number of aromatic nitrogens is 3. The molecule has 0 aliphatic rings. The summed E-state index contributed by atoms with van der Waals surface area (Å²) in [5.41, 5.74) is 7.18. The van der Waals surface area contributed by atoms with Crippen molar-refractivity contribution in [3.8, 4) is 0 Å². The zero-order valence-corrected chi connectivity index (χ0v) is 9.92. The first-order valence-electron chi connectivity index (χ1n) is 5.70. The Morgan fingerprint density at radius 3 is 2.89 bits per heavy atom. The van der Waals surface area contributed by atoms with E-state index in [2.05, 4.69) is 20.5 Å². The molecule has 0 saturated carbocycles. The van der Waals surface area contributed by atoms with E-state index in [1.165, 1.54) is 0 Å². The topological polar surface area (TPSA) is 96.7 Å². The average Bonchev–Trinajstić information content (AvgIpc) is 2.83. The van der Waals surface area contributed by atoms with Gasteiger partial charge in [0.1, 0.15) is 5.82 Å². The maximum absolute atomic E-state index is 12.1. The van der Waals surface area contributed by atoms with Crippen molar-refractivity contribution < 1.29 is 4.79 Å². The highest BCUT2D eigenvalue weighted by atomic mass is 16.1. The summed E-state index contributed by atoms with van der Waals surface area (Å²) in [6.07, 6.45) is 1.64. The van der Waals surface area contributed by atoms with Crippen molar-refractivity contribution in [1.82, 2.24) is 15.2 Å². The van der Waals surface area contributed by atoms with Crippen molar-refractivity contribution >= 4 is 28.4 Å². The van der Waals surface area contributed by atoms with E-state index in [0.717, 1.165) is 5.39 Å². The van der Waals surface area contributed by atoms with Crippen LogP contribution in [-0.4, -0.2) is 21.1 Å². The van der Waals surface area contributed by atoms with Crippen LogP contribution >= 0.6 is 0 Å². The number of pyridine rings is 1. The number of nitrogen functional groups attached to an aromatic ring is 1. The number of anilines is 2. The Bertz CT molecular complexity index is 749. The second-order valence-electron chi connectivity index (χ2n) is 4.01. The van der Waals surface area contributed by atoms with Gasteiger partial charge in [-0.15, -0.1) is 0 Å². The molecule has 3 aromatic rings. The molecule has 0 spiro atoms. The number of carbonyl (C=O) groups excluding carboxylic acids is 1. The third-order valence-electron chi connectivity index (χ3n) is 2.77. The van der Waals surface area contributed by atoms with Gasteiger partial charge < -0.3 is 11.1 Å². The van der Waals surface area contributed by atoms with Crippen LogP contribution in [0, 0.1) is 0 Å². The molecule has 1 aromatic carbocycles. The zero-order valence-electron chi connectivity index (χ0n) is 9.92. The summed E-state index contributed by atoms with van der Waals surface area (Å²) < 4.78 is 0. The lowest BCUT2D eigenvalue weighted by Crippen LogP contribution is -2.14. The lowest BCUT2D eigenvalue weighted by Gasteiger charge is -2.05. The number of rotatable bonds is 2. The molecule has 0 radical (unpaired) electrons. The Hall–Kier alpha value is -2.89. The summed E-state index contributed by atoms with van der Waals surface area (Å²) in [7, 11) is 0. The summed E-state index contributed by atoms with van der Waals surface area (Å²) in [4.78, 5) is 16.2. The van der Waals surface area contributed by atoms with E-state index in [-0.39, 0.29) is 5.91 Å². The number of carbonyl (C=O) groups is 1. The summed E-state index contributed by atoms with van der Waals surface area (Å²) in [6, 6.07) is 10.5. The molecule has 2 heterocycles. The minimum Gasteiger partial charge on any atom is -0.398 e. The number of benzene rings is 1. The number of nitrogens with zero attached hydrogens (tertiary/aromatic N) is 2. The Morgan fingerprint density at radius 1 is 1.21 bits per heavy atom. The van der Waals surface area contributed by atoms with Crippen molar-refractivity contribution in [3.63, 3.8) is 0 Å². The van der Waals surface area contributed by atoms with Gasteiger partial charge in [-0.25, -0.2) is 4.98 Å². The highest BCUT2D eigenvalue weighted by Crippen LogP contribution is 2.19. The first kappa shape index (κ1) is 11.2. The van der Waals surface area contributed by atoms with Gasteiger partial charge in [-0.05, 0) is 24.3 Å². The van der Waals surface area contributed by atoms with E-state index in [9.17, 15) is 4.79 Å². The van der Waals surface area contributed by atoms with E-state index >= 15 is 0 Å². The lowest BCUT2D eigenvalue weighted by molar-refractivity contribution is 0.102. The van der Waals surface area contributed by atoms with Crippen LogP contribution < -0.4 is 11.1 Å². The summed E-state index contributed by atoms with van der Waals surface area (Å²) in [6.45, 7) is 0. The highest BCUT2D eigenvalue weighted by Gasteiger charge is 2.12. The van der Waals surface area contributed by atoms with Crippen LogP contribution in [0.4, 0.5) is 11.5 Å². The first-order chi connectivity index (χ1) is 9.25. The van der Waals surface area contributed by atoms with Crippen molar-refractivity contribution in [2.75, 3.05) is 11.1 Å². The number of nitrogens with one attached hydrogen (secondary N) is 2. The zero-order chi connectivity index (χ0) is 13.2. The van der Waals surface area contributed by atoms with Crippen LogP contribution in [0.2, 0.25) is 0 Å². The standard InChI is InChI=1S/C13H11N5O/c14-10-6-2-1-4-8(10)13(19)16-12-9-5-3-7-15-11(9)17-18-12/h1-7H,14H2,(H2,15,16,17,18,19). The number of para-hydroxylation sites is 1. The number of aromatic amines is 1. The summed E-state index contributed by atoms with van der Waals surface area (Å²) in [5.74, 6) is 0.226. The molecular formula is C13H11N5O. The smallest absolute Gasteiger partial charge is 0.258 e. The van der Waals surface area contributed by atoms with Crippen molar-refractivity contribution in [3.05, 3.63) is 48.2 Å². The van der Waals surface area contributed by atoms with Gasteiger partial charge in [-0.3, -0.25) is 9.89 Å². The number of fused-ring (bicyclic) bond motifs is 1. The quantitative estimate of drug-likeness (QED) is 0.606. The van der Waals surface area contributed by atoms with Gasteiger partial charge in [0.25, 0.3) is 5.91 Å². The number of H-pyrrole nitrogens is 1. The Morgan fingerprint density at radius 2 is 2.05 bits per heavy atom. The second-order valence-corrected chi connectivity index (χ2v) is 4.01. The number of nitrogens with two attached hydrogens (primary N) is 1. The summed E-state index contributed by atoms with van der Waals surface area (Å²) in [5, 5.41) is 10.3. The normalized spacial score (nSPS) is 10.5. The molecule has 94 valence electrons. The van der Waals surface area contributed by atoms with Gasteiger partial charge >= 0.3 is 0 Å². The average molecular weight is 253 g/mol. The van der Waals surface area contributed by atoms with Gasteiger partial charge in [-0.1, -0.05) is 12.1 Å². The van der Waals surface area contributed by atoms with Crippen LogP contribution in [0.15, 0.2) is 42.6 Å². The summed E-state index contributed by atoms with van der Waals surface area (Å²) >= 11 is 0. The van der Waals surface area contributed by atoms with Crippen LogP contribution in [0.25, 0.3) is 11.0 Å². The molecule has 6 heteroatoms.